The number of carbonyl (C=O) groups excluding carboxylic acids is 2. The van der Waals surface area contributed by atoms with Crippen LogP contribution in [0.15, 0.2) is 54.6 Å². The summed E-state index contributed by atoms with van der Waals surface area (Å²) >= 11 is 0. The Balaban J connectivity index is 2.14. The van der Waals surface area contributed by atoms with Crippen molar-refractivity contribution >= 4 is 30.1 Å². The van der Waals surface area contributed by atoms with Crippen LogP contribution in [0.3, 0.4) is 0 Å². The molecule has 4 N–H and O–H groups in total. The minimum absolute atomic E-state index is 0.212. The van der Waals surface area contributed by atoms with Crippen LogP contribution < -0.4 is 16.1 Å². The summed E-state index contributed by atoms with van der Waals surface area (Å²) in [5, 5.41) is 23.9. The number of rotatable bonds is 7. The molecule has 1 atom stereocenters. The summed E-state index contributed by atoms with van der Waals surface area (Å²) < 4.78 is 0. The van der Waals surface area contributed by atoms with Crippen LogP contribution in [0.25, 0.3) is 0 Å². The molecule has 0 saturated heterocycles. The smallest absolute Gasteiger partial charge is 0.423 e. The van der Waals surface area contributed by atoms with Crippen LogP contribution in [-0.4, -0.2) is 35.0 Å². The van der Waals surface area contributed by atoms with Gasteiger partial charge in [0.1, 0.15) is 6.04 Å². The number of carbonyl (C=O) groups is 2. The summed E-state index contributed by atoms with van der Waals surface area (Å²) in [7, 11) is -1.61. The second-order valence-corrected chi connectivity index (χ2v) is 5.65. The average molecular weight is 340 g/mol. The molecule has 0 aromatic heterocycles. The Labute approximate surface area is 147 Å². The van der Waals surface area contributed by atoms with Gasteiger partial charge in [-0.1, -0.05) is 49.4 Å². The van der Waals surface area contributed by atoms with Gasteiger partial charge in [-0.25, -0.2) is 0 Å². The standard InChI is InChI=1S/C18H21BN2O4/c1-2-17(22)21-16(11-13-7-4-3-5-8-13)18(23)20-15-10-6-9-14(12-15)19(24)25/h3-10,12,16,24-25H,2,11H2,1H3,(H,20,23)(H,21,22). The molecule has 0 heterocycles. The lowest BCUT2D eigenvalue weighted by atomic mass is 9.80. The first-order chi connectivity index (χ1) is 12.0. The van der Waals surface area contributed by atoms with E-state index in [4.69, 9.17) is 0 Å². The Morgan fingerprint density at radius 3 is 2.44 bits per heavy atom. The third-order valence-electron chi connectivity index (χ3n) is 3.71. The lowest BCUT2D eigenvalue weighted by Gasteiger charge is -2.18. The van der Waals surface area contributed by atoms with Crippen molar-refractivity contribution in [1.82, 2.24) is 5.32 Å². The van der Waals surface area contributed by atoms with Gasteiger partial charge in [0.25, 0.3) is 0 Å². The van der Waals surface area contributed by atoms with Gasteiger partial charge in [0.05, 0.1) is 0 Å². The molecule has 7 heteroatoms. The lowest BCUT2D eigenvalue weighted by molar-refractivity contribution is -0.126. The monoisotopic (exact) mass is 340 g/mol. The molecular weight excluding hydrogens is 319 g/mol. The van der Waals surface area contributed by atoms with Gasteiger partial charge in [-0.3, -0.25) is 9.59 Å². The maximum atomic E-state index is 12.6. The number of hydrogen-bond donors (Lipinski definition) is 4. The highest BCUT2D eigenvalue weighted by atomic mass is 16.4. The van der Waals surface area contributed by atoms with Gasteiger partial charge >= 0.3 is 7.12 Å². The third-order valence-corrected chi connectivity index (χ3v) is 3.71. The van der Waals surface area contributed by atoms with Crippen molar-refractivity contribution in [1.29, 1.82) is 0 Å². The molecule has 2 aromatic carbocycles. The number of amides is 2. The predicted octanol–water partition coefficient (Wildman–Crippen LogP) is 0.442. The third kappa shape index (κ3) is 5.74. The van der Waals surface area contributed by atoms with Gasteiger partial charge in [0.15, 0.2) is 0 Å². The molecule has 0 aliphatic rings. The molecule has 0 radical (unpaired) electrons. The molecule has 25 heavy (non-hydrogen) atoms. The Kier molecular flexibility index (Phi) is 6.74. The van der Waals surface area contributed by atoms with Crippen LogP contribution in [-0.2, 0) is 16.0 Å². The Bertz CT molecular complexity index is 722. The fraction of sp³-hybridized carbons (Fsp3) is 0.222. The van der Waals surface area contributed by atoms with Gasteiger partial charge in [-0.15, -0.1) is 0 Å². The highest BCUT2D eigenvalue weighted by Crippen LogP contribution is 2.09. The normalized spacial score (nSPS) is 11.5. The van der Waals surface area contributed by atoms with Crippen LogP contribution in [0.5, 0.6) is 0 Å². The first kappa shape index (κ1) is 18.7. The van der Waals surface area contributed by atoms with E-state index in [9.17, 15) is 19.6 Å². The summed E-state index contributed by atoms with van der Waals surface area (Å²) in [6, 6.07) is 15.0. The second kappa shape index (κ2) is 9.01. The van der Waals surface area contributed by atoms with Crippen molar-refractivity contribution in [3.63, 3.8) is 0 Å². The molecule has 2 aromatic rings. The first-order valence-corrected chi connectivity index (χ1v) is 8.10. The first-order valence-electron chi connectivity index (χ1n) is 8.10. The number of benzene rings is 2. The minimum Gasteiger partial charge on any atom is -0.423 e. The summed E-state index contributed by atoms with van der Waals surface area (Å²) in [5.74, 6) is -0.578. The van der Waals surface area contributed by atoms with Crippen molar-refractivity contribution < 1.29 is 19.6 Å². The largest absolute Gasteiger partial charge is 0.488 e. The van der Waals surface area contributed by atoms with Crippen molar-refractivity contribution in [2.45, 2.75) is 25.8 Å². The molecule has 0 spiro atoms. The van der Waals surface area contributed by atoms with Crippen LogP contribution in [0, 0.1) is 0 Å². The van der Waals surface area contributed by atoms with E-state index in [1.54, 1.807) is 25.1 Å². The SMILES string of the molecule is CCC(=O)NC(Cc1ccccc1)C(=O)Nc1cccc(B(O)O)c1. The van der Waals surface area contributed by atoms with E-state index < -0.39 is 13.2 Å². The van der Waals surface area contributed by atoms with Gasteiger partial charge in [0.2, 0.25) is 11.8 Å². The predicted molar refractivity (Wildman–Crippen MR) is 97.3 cm³/mol. The fourth-order valence-corrected chi connectivity index (χ4v) is 2.36. The number of hydrogen-bond acceptors (Lipinski definition) is 4. The zero-order valence-electron chi connectivity index (χ0n) is 14.0. The Morgan fingerprint density at radius 2 is 1.80 bits per heavy atom. The van der Waals surface area contributed by atoms with Crippen LogP contribution >= 0.6 is 0 Å². The number of anilines is 1. The van der Waals surface area contributed by atoms with Gasteiger partial charge in [-0.2, -0.15) is 0 Å². The quantitative estimate of drug-likeness (QED) is 0.550. The second-order valence-electron chi connectivity index (χ2n) is 5.65. The molecule has 0 fully saturated rings. The Hall–Kier alpha value is -2.64. The average Bonchev–Trinajstić information content (AvgIpc) is 2.62. The van der Waals surface area contributed by atoms with E-state index in [0.29, 0.717) is 12.1 Å². The van der Waals surface area contributed by atoms with E-state index in [2.05, 4.69) is 10.6 Å². The highest BCUT2D eigenvalue weighted by molar-refractivity contribution is 6.58. The molecule has 0 aliphatic carbocycles. The zero-order chi connectivity index (χ0) is 18.2. The maximum Gasteiger partial charge on any atom is 0.488 e. The summed E-state index contributed by atoms with van der Waals surface area (Å²) in [4.78, 5) is 24.4. The van der Waals surface area contributed by atoms with Crippen molar-refractivity contribution in [3.8, 4) is 0 Å². The molecule has 2 rings (SSSR count). The van der Waals surface area contributed by atoms with E-state index in [-0.39, 0.29) is 23.7 Å². The Morgan fingerprint density at radius 1 is 1.08 bits per heavy atom. The summed E-state index contributed by atoms with van der Waals surface area (Å²) in [6.45, 7) is 1.72. The molecule has 1 unspecified atom stereocenters. The molecule has 0 aliphatic heterocycles. The van der Waals surface area contributed by atoms with Gasteiger partial charge in [0, 0.05) is 18.5 Å². The molecular formula is C18H21BN2O4. The van der Waals surface area contributed by atoms with Gasteiger partial charge < -0.3 is 20.7 Å². The van der Waals surface area contributed by atoms with E-state index in [1.165, 1.54) is 6.07 Å². The molecule has 130 valence electrons. The van der Waals surface area contributed by atoms with Gasteiger partial charge in [-0.05, 0) is 23.2 Å². The molecule has 2 amide bonds. The molecule has 0 saturated carbocycles. The van der Waals surface area contributed by atoms with Crippen molar-refractivity contribution in [2.24, 2.45) is 0 Å². The van der Waals surface area contributed by atoms with Crippen LogP contribution in [0.1, 0.15) is 18.9 Å². The zero-order valence-corrected chi connectivity index (χ0v) is 14.0. The number of nitrogens with one attached hydrogen (secondary N) is 2. The fourth-order valence-electron chi connectivity index (χ4n) is 2.36. The van der Waals surface area contributed by atoms with Crippen molar-refractivity contribution in [3.05, 3.63) is 60.2 Å². The van der Waals surface area contributed by atoms with E-state index in [0.717, 1.165) is 5.56 Å². The minimum atomic E-state index is -1.61. The lowest BCUT2D eigenvalue weighted by Crippen LogP contribution is -2.45. The molecule has 0 bridgehead atoms. The van der Waals surface area contributed by atoms with Crippen LogP contribution in [0.2, 0.25) is 0 Å². The van der Waals surface area contributed by atoms with E-state index >= 15 is 0 Å². The summed E-state index contributed by atoms with van der Waals surface area (Å²) in [6.07, 6.45) is 0.644. The topological polar surface area (TPSA) is 98.7 Å². The highest BCUT2D eigenvalue weighted by Gasteiger charge is 2.21. The van der Waals surface area contributed by atoms with Crippen molar-refractivity contribution in [2.75, 3.05) is 5.32 Å². The molecule has 6 nitrogen and oxygen atoms in total. The summed E-state index contributed by atoms with van der Waals surface area (Å²) in [5.41, 5.74) is 1.63. The van der Waals surface area contributed by atoms with Crippen LogP contribution in [0.4, 0.5) is 5.69 Å². The maximum absolute atomic E-state index is 12.6. The van der Waals surface area contributed by atoms with E-state index in [1.807, 2.05) is 30.3 Å².